The fourth-order valence-corrected chi connectivity index (χ4v) is 3.71. The predicted octanol–water partition coefficient (Wildman–Crippen LogP) is 3.21. The second-order valence-corrected chi connectivity index (χ2v) is 7.21. The number of nitrogens with zero attached hydrogens (tertiary/aromatic N) is 2. The van der Waals surface area contributed by atoms with Crippen molar-refractivity contribution in [2.45, 2.75) is 19.3 Å². The highest BCUT2D eigenvalue weighted by Gasteiger charge is 2.20. The van der Waals surface area contributed by atoms with E-state index in [0.717, 1.165) is 51.1 Å². The van der Waals surface area contributed by atoms with E-state index in [2.05, 4.69) is 16.3 Å². The van der Waals surface area contributed by atoms with Gasteiger partial charge in [-0.2, -0.15) is 0 Å². The van der Waals surface area contributed by atoms with Gasteiger partial charge in [0, 0.05) is 44.0 Å². The van der Waals surface area contributed by atoms with E-state index < -0.39 is 0 Å². The van der Waals surface area contributed by atoms with Gasteiger partial charge in [0.2, 0.25) is 5.91 Å². The second kappa shape index (κ2) is 8.40. The highest BCUT2D eigenvalue weighted by molar-refractivity contribution is 7.09. The monoisotopic (exact) mass is 346 g/mol. The Kier molecular flexibility index (Phi) is 5.99. The van der Waals surface area contributed by atoms with Crippen LogP contribution in [0, 0.1) is 5.82 Å². The fraction of sp³-hybridized carbons (Fsp3) is 0.421. The highest BCUT2D eigenvalue weighted by Crippen LogP contribution is 2.13. The van der Waals surface area contributed by atoms with Crippen LogP contribution in [0.25, 0.3) is 0 Å². The summed E-state index contributed by atoms with van der Waals surface area (Å²) >= 11 is 1.71. The molecule has 1 aliphatic heterocycles. The maximum Gasteiger partial charge on any atom is 0.223 e. The molecule has 1 aliphatic rings. The largest absolute Gasteiger partial charge is 0.340 e. The summed E-state index contributed by atoms with van der Waals surface area (Å²) in [5.74, 6) is 0.0787. The lowest BCUT2D eigenvalue weighted by Crippen LogP contribution is -2.49. The molecule has 128 valence electrons. The molecule has 0 bridgehead atoms. The minimum absolute atomic E-state index is 0.187. The summed E-state index contributed by atoms with van der Waals surface area (Å²) in [7, 11) is 0. The maximum absolute atomic E-state index is 12.9. The number of benzene rings is 1. The minimum Gasteiger partial charge on any atom is -0.340 e. The number of carbonyl (C=O) groups is 1. The number of piperazine rings is 1. The van der Waals surface area contributed by atoms with Crippen molar-refractivity contribution in [2.75, 3.05) is 32.7 Å². The smallest absolute Gasteiger partial charge is 0.223 e. The van der Waals surface area contributed by atoms with Gasteiger partial charge >= 0.3 is 0 Å². The SMILES string of the molecule is O=C(CCc1cccs1)N1CCN(CCc2ccc(F)cc2)CC1. The highest BCUT2D eigenvalue weighted by atomic mass is 32.1. The van der Waals surface area contributed by atoms with E-state index in [1.165, 1.54) is 17.0 Å². The van der Waals surface area contributed by atoms with Gasteiger partial charge in [0.25, 0.3) is 0 Å². The topological polar surface area (TPSA) is 23.6 Å². The summed E-state index contributed by atoms with van der Waals surface area (Å²) in [5.41, 5.74) is 1.16. The van der Waals surface area contributed by atoms with Crippen molar-refractivity contribution in [2.24, 2.45) is 0 Å². The van der Waals surface area contributed by atoms with Crippen molar-refractivity contribution in [3.8, 4) is 0 Å². The zero-order valence-corrected chi connectivity index (χ0v) is 14.6. The van der Waals surface area contributed by atoms with Crippen molar-refractivity contribution >= 4 is 17.2 Å². The summed E-state index contributed by atoms with van der Waals surface area (Å²) < 4.78 is 12.9. The number of carbonyl (C=O) groups excluding carboxylic acids is 1. The average molecular weight is 346 g/mol. The zero-order valence-electron chi connectivity index (χ0n) is 13.8. The first-order valence-corrected chi connectivity index (χ1v) is 9.35. The van der Waals surface area contributed by atoms with Crippen LogP contribution in [0.3, 0.4) is 0 Å². The third-order valence-corrected chi connectivity index (χ3v) is 5.46. The second-order valence-electron chi connectivity index (χ2n) is 6.18. The Hall–Kier alpha value is -1.72. The molecule has 0 atom stereocenters. The molecule has 1 aromatic heterocycles. The van der Waals surface area contributed by atoms with Gasteiger partial charge in [0.15, 0.2) is 0 Å². The Morgan fingerprint density at radius 2 is 1.79 bits per heavy atom. The molecule has 0 N–H and O–H groups in total. The van der Waals surface area contributed by atoms with Gasteiger partial charge < -0.3 is 4.90 Å². The normalized spacial score (nSPS) is 15.6. The van der Waals surface area contributed by atoms with Gasteiger partial charge in [-0.3, -0.25) is 9.69 Å². The molecule has 1 fully saturated rings. The molecule has 3 nitrogen and oxygen atoms in total. The number of rotatable bonds is 6. The van der Waals surface area contributed by atoms with Gasteiger partial charge in [0.1, 0.15) is 5.82 Å². The van der Waals surface area contributed by atoms with Crippen molar-refractivity contribution in [1.29, 1.82) is 0 Å². The van der Waals surface area contributed by atoms with Gasteiger partial charge in [-0.25, -0.2) is 4.39 Å². The van der Waals surface area contributed by atoms with Crippen LogP contribution in [0.1, 0.15) is 16.9 Å². The molecule has 5 heteroatoms. The first-order chi connectivity index (χ1) is 11.7. The lowest BCUT2D eigenvalue weighted by Gasteiger charge is -2.34. The molecule has 1 saturated heterocycles. The molecule has 3 rings (SSSR count). The molecule has 0 unspecified atom stereocenters. The molecule has 0 spiro atoms. The van der Waals surface area contributed by atoms with Crippen LogP contribution in [0.15, 0.2) is 41.8 Å². The van der Waals surface area contributed by atoms with Crippen molar-refractivity contribution in [1.82, 2.24) is 9.80 Å². The van der Waals surface area contributed by atoms with Crippen LogP contribution < -0.4 is 0 Å². The summed E-state index contributed by atoms with van der Waals surface area (Å²) in [6.07, 6.45) is 2.38. The maximum atomic E-state index is 12.9. The molecule has 2 heterocycles. The molecule has 24 heavy (non-hydrogen) atoms. The number of hydrogen-bond donors (Lipinski definition) is 0. The van der Waals surface area contributed by atoms with Crippen LogP contribution in [0.5, 0.6) is 0 Å². The van der Waals surface area contributed by atoms with E-state index in [9.17, 15) is 9.18 Å². The van der Waals surface area contributed by atoms with Crippen LogP contribution in [0.2, 0.25) is 0 Å². The number of halogens is 1. The van der Waals surface area contributed by atoms with E-state index in [0.29, 0.717) is 6.42 Å². The number of thiophene rings is 1. The first kappa shape index (κ1) is 17.1. The zero-order chi connectivity index (χ0) is 16.8. The van der Waals surface area contributed by atoms with Crippen LogP contribution in [0.4, 0.5) is 4.39 Å². The van der Waals surface area contributed by atoms with E-state index in [4.69, 9.17) is 0 Å². The molecule has 1 aromatic carbocycles. The Labute approximate surface area is 146 Å². The molecule has 1 amide bonds. The first-order valence-electron chi connectivity index (χ1n) is 8.48. The number of hydrogen-bond acceptors (Lipinski definition) is 3. The van der Waals surface area contributed by atoms with E-state index in [1.54, 1.807) is 11.3 Å². The molecule has 2 aromatic rings. The molecule has 0 saturated carbocycles. The molecular formula is C19H23FN2OS. The van der Waals surface area contributed by atoms with Gasteiger partial charge in [0.05, 0.1) is 0 Å². The van der Waals surface area contributed by atoms with Gasteiger partial charge in [-0.1, -0.05) is 18.2 Å². The minimum atomic E-state index is -0.187. The Morgan fingerprint density at radius 3 is 2.46 bits per heavy atom. The lowest BCUT2D eigenvalue weighted by atomic mass is 10.1. The summed E-state index contributed by atoms with van der Waals surface area (Å²) in [4.78, 5) is 17.9. The lowest BCUT2D eigenvalue weighted by molar-refractivity contribution is -0.132. The fourth-order valence-electron chi connectivity index (χ4n) is 3.00. The summed E-state index contributed by atoms with van der Waals surface area (Å²) in [6.45, 7) is 4.43. The van der Waals surface area contributed by atoms with Crippen molar-refractivity contribution in [3.63, 3.8) is 0 Å². The standard InChI is InChI=1S/C19H23FN2OS/c20-17-5-3-16(4-6-17)9-10-21-11-13-22(14-12-21)19(23)8-7-18-2-1-15-24-18/h1-6,15H,7-14H2. The quantitative estimate of drug-likeness (QED) is 0.802. The number of aryl methyl sites for hydroxylation is 1. The Balaban J connectivity index is 1.37. The Bertz CT molecular complexity index is 634. The van der Waals surface area contributed by atoms with Crippen molar-refractivity contribution in [3.05, 3.63) is 58.0 Å². The molecule has 0 aliphatic carbocycles. The van der Waals surface area contributed by atoms with Gasteiger partial charge in [-0.15, -0.1) is 11.3 Å². The summed E-state index contributed by atoms with van der Waals surface area (Å²) in [6, 6.07) is 10.8. The van der Waals surface area contributed by atoms with Crippen molar-refractivity contribution < 1.29 is 9.18 Å². The van der Waals surface area contributed by atoms with Gasteiger partial charge in [-0.05, 0) is 42.0 Å². The van der Waals surface area contributed by atoms with E-state index >= 15 is 0 Å². The summed E-state index contributed by atoms with van der Waals surface area (Å²) in [5, 5.41) is 2.06. The Morgan fingerprint density at radius 1 is 1.04 bits per heavy atom. The van der Waals surface area contributed by atoms with E-state index in [1.807, 2.05) is 23.1 Å². The van der Waals surface area contributed by atoms with Crippen LogP contribution in [-0.4, -0.2) is 48.4 Å². The van der Waals surface area contributed by atoms with Crippen LogP contribution >= 0.6 is 11.3 Å². The third-order valence-electron chi connectivity index (χ3n) is 4.52. The predicted molar refractivity (Wildman–Crippen MR) is 95.8 cm³/mol. The number of amides is 1. The average Bonchev–Trinajstić information content (AvgIpc) is 3.13. The van der Waals surface area contributed by atoms with E-state index in [-0.39, 0.29) is 11.7 Å². The molecule has 0 radical (unpaired) electrons. The molecular weight excluding hydrogens is 323 g/mol. The third kappa shape index (κ3) is 4.89. The van der Waals surface area contributed by atoms with Crippen LogP contribution in [-0.2, 0) is 17.6 Å².